The summed E-state index contributed by atoms with van der Waals surface area (Å²) in [6.45, 7) is 0. The zero-order chi connectivity index (χ0) is 14.7. The summed E-state index contributed by atoms with van der Waals surface area (Å²) in [5.74, 6) is 0.158. The molecule has 3 nitrogen and oxygen atoms in total. The lowest BCUT2D eigenvalue weighted by molar-refractivity contribution is 0.143. The SMILES string of the molecule is N[C@@H](c1cc(I)cc(I)c1O)[C@H](O)Cc1ccccc1. The van der Waals surface area contributed by atoms with E-state index in [2.05, 4.69) is 45.2 Å². The molecule has 0 amide bonds. The zero-order valence-electron chi connectivity index (χ0n) is 10.6. The Morgan fingerprint density at radius 2 is 1.75 bits per heavy atom. The monoisotopic (exact) mass is 495 g/mol. The number of aromatic hydroxyl groups is 1. The van der Waals surface area contributed by atoms with Crippen LogP contribution in [0.2, 0.25) is 0 Å². The summed E-state index contributed by atoms with van der Waals surface area (Å²) in [4.78, 5) is 0. The Labute approximate surface area is 145 Å². The normalized spacial score (nSPS) is 14.0. The fraction of sp³-hybridized carbons (Fsp3) is 0.200. The molecule has 0 aliphatic carbocycles. The van der Waals surface area contributed by atoms with E-state index in [1.807, 2.05) is 42.5 Å². The average Bonchev–Trinajstić information content (AvgIpc) is 2.43. The Morgan fingerprint density at radius 1 is 1.10 bits per heavy atom. The number of phenolic OH excluding ortho intramolecular Hbond substituents is 1. The van der Waals surface area contributed by atoms with Crippen molar-refractivity contribution in [2.45, 2.75) is 18.6 Å². The summed E-state index contributed by atoms with van der Waals surface area (Å²) in [5.41, 5.74) is 7.72. The van der Waals surface area contributed by atoms with Crippen LogP contribution < -0.4 is 5.73 Å². The quantitative estimate of drug-likeness (QED) is 0.572. The number of nitrogens with two attached hydrogens (primary N) is 1. The number of hydrogen-bond donors (Lipinski definition) is 3. The van der Waals surface area contributed by atoms with E-state index in [9.17, 15) is 10.2 Å². The lowest BCUT2D eigenvalue weighted by Crippen LogP contribution is -2.28. The number of aliphatic hydroxyl groups excluding tert-OH is 1. The van der Waals surface area contributed by atoms with Gasteiger partial charge < -0.3 is 15.9 Å². The van der Waals surface area contributed by atoms with Crippen LogP contribution >= 0.6 is 45.2 Å². The lowest BCUT2D eigenvalue weighted by atomic mass is 9.96. The molecule has 2 rings (SSSR count). The molecule has 0 saturated carbocycles. The molecule has 2 atom stereocenters. The molecule has 0 aliphatic heterocycles. The van der Waals surface area contributed by atoms with Gasteiger partial charge in [0.25, 0.3) is 0 Å². The van der Waals surface area contributed by atoms with E-state index in [0.29, 0.717) is 12.0 Å². The molecule has 0 heterocycles. The number of hydrogen-bond acceptors (Lipinski definition) is 3. The van der Waals surface area contributed by atoms with Crippen LogP contribution in [-0.4, -0.2) is 16.3 Å². The highest BCUT2D eigenvalue weighted by molar-refractivity contribution is 14.1. The van der Waals surface area contributed by atoms with Gasteiger partial charge in [-0.25, -0.2) is 0 Å². The second-order valence-electron chi connectivity index (χ2n) is 4.61. The second-order valence-corrected chi connectivity index (χ2v) is 7.02. The largest absolute Gasteiger partial charge is 0.506 e. The van der Waals surface area contributed by atoms with E-state index in [0.717, 1.165) is 12.7 Å². The average molecular weight is 495 g/mol. The van der Waals surface area contributed by atoms with Crippen molar-refractivity contribution in [3.63, 3.8) is 0 Å². The third-order valence-corrected chi connectivity index (χ3v) is 4.56. The molecule has 0 spiro atoms. The van der Waals surface area contributed by atoms with E-state index in [4.69, 9.17) is 5.73 Å². The first-order chi connectivity index (χ1) is 9.49. The van der Waals surface area contributed by atoms with Gasteiger partial charge in [0, 0.05) is 15.6 Å². The summed E-state index contributed by atoms with van der Waals surface area (Å²) in [6.07, 6.45) is -0.277. The maximum atomic E-state index is 10.3. The number of rotatable bonds is 4. The summed E-state index contributed by atoms with van der Waals surface area (Å²) >= 11 is 4.24. The summed E-state index contributed by atoms with van der Waals surface area (Å²) in [6, 6.07) is 12.8. The van der Waals surface area contributed by atoms with Crippen LogP contribution in [0, 0.1) is 7.14 Å². The highest BCUT2D eigenvalue weighted by Crippen LogP contribution is 2.32. The topological polar surface area (TPSA) is 66.5 Å². The smallest absolute Gasteiger partial charge is 0.133 e. The number of halogens is 2. The van der Waals surface area contributed by atoms with Crippen molar-refractivity contribution in [2.24, 2.45) is 5.73 Å². The molecule has 0 bridgehead atoms. The van der Waals surface area contributed by atoms with E-state index < -0.39 is 12.1 Å². The molecular formula is C15H15I2NO2. The zero-order valence-corrected chi connectivity index (χ0v) is 14.9. The third-order valence-electron chi connectivity index (χ3n) is 3.12. The minimum absolute atomic E-state index is 0.158. The number of benzene rings is 2. The van der Waals surface area contributed by atoms with Gasteiger partial charge in [-0.1, -0.05) is 30.3 Å². The van der Waals surface area contributed by atoms with Crippen molar-refractivity contribution >= 4 is 45.2 Å². The fourth-order valence-electron chi connectivity index (χ4n) is 2.03. The Morgan fingerprint density at radius 3 is 2.40 bits per heavy atom. The third kappa shape index (κ3) is 3.84. The van der Waals surface area contributed by atoms with Crippen molar-refractivity contribution in [1.29, 1.82) is 0 Å². The van der Waals surface area contributed by atoms with E-state index >= 15 is 0 Å². The van der Waals surface area contributed by atoms with Gasteiger partial charge in [0.05, 0.1) is 15.7 Å². The van der Waals surface area contributed by atoms with Gasteiger partial charge >= 0.3 is 0 Å². The molecule has 0 saturated heterocycles. The molecule has 0 aromatic heterocycles. The molecular weight excluding hydrogens is 480 g/mol. The standard InChI is InChI=1S/C15H15I2NO2/c16-10-7-11(15(20)12(17)8-10)14(18)13(19)6-9-4-2-1-3-5-9/h1-5,7-8,13-14,19-20H,6,18H2/t13-,14+/m1/s1. The molecule has 20 heavy (non-hydrogen) atoms. The molecule has 0 fully saturated rings. The summed E-state index contributed by atoms with van der Waals surface area (Å²) < 4.78 is 1.73. The van der Waals surface area contributed by atoms with Crippen molar-refractivity contribution < 1.29 is 10.2 Å². The predicted octanol–water partition coefficient (Wildman–Crippen LogP) is 3.20. The van der Waals surface area contributed by atoms with Gasteiger partial charge in [-0.2, -0.15) is 0 Å². The van der Waals surface area contributed by atoms with Gasteiger partial charge in [0.2, 0.25) is 0 Å². The Bertz CT molecular complexity index is 590. The van der Waals surface area contributed by atoms with Crippen LogP contribution in [0.25, 0.3) is 0 Å². The molecule has 0 unspecified atom stereocenters. The molecule has 5 heteroatoms. The maximum absolute atomic E-state index is 10.3. The summed E-state index contributed by atoms with van der Waals surface area (Å²) in [7, 11) is 0. The summed E-state index contributed by atoms with van der Waals surface area (Å²) in [5, 5.41) is 20.4. The molecule has 2 aromatic carbocycles. The molecule has 0 aliphatic rings. The van der Waals surface area contributed by atoms with Crippen molar-refractivity contribution in [3.8, 4) is 5.75 Å². The van der Waals surface area contributed by atoms with Gasteiger partial charge in [-0.3, -0.25) is 0 Å². The Kier molecular flexibility index (Phi) is 5.65. The van der Waals surface area contributed by atoms with Gasteiger partial charge in [0.1, 0.15) is 5.75 Å². The van der Waals surface area contributed by atoms with Gasteiger partial charge in [0.15, 0.2) is 0 Å². The second kappa shape index (κ2) is 7.06. The molecule has 0 radical (unpaired) electrons. The lowest BCUT2D eigenvalue weighted by Gasteiger charge is -2.21. The molecule has 2 aromatic rings. The van der Waals surface area contributed by atoms with E-state index in [1.165, 1.54) is 0 Å². The fourth-order valence-corrected chi connectivity index (χ4v) is 3.92. The predicted molar refractivity (Wildman–Crippen MR) is 96.6 cm³/mol. The molecule has 106 valence electrons. The first kappa shape index (κ1) is 16.0. The van der Waals surface area contributed by atoms with Gasteiger partial charge in [-0.15, -0.1) is 0 Å². The Balaban J connectivity index is 2.21. The minimum atomic E-state index is -0.739. The maximum Gasteiger partial charge on any atom is 0.133 e. The van der Waals surface area contributed by atoms with Crippen LogP contribution in [-0.2, 0) is 6.42 Å². The first-order valence-electron chi connectivity index (χ1n) is 6.14. The van der Waals surface area contributed by atoms with Gasteiger partial charge in [-0.05, 0) is 62.9 Å². The van der Waals surface area contributed by atoms with Crippen molar-refractivity contribution in [1.82, 2.24) is 0 Å². The van der Waals surface area contributed by atoms with Crippen LogP contribution in [0.3, 0.4) is 0 Å². The van der Waals surface area contributed by atoms with E-state index in [-0.39, 0.29) is 5.75 Å². The Hall–Kier alpha value is -0.380. The van der Waals surface area contributed by atoms with Crippen molar-refractivity contribution in [3.05, 3.63) is 60.7 Å². The molecule has 4 N–H and O–H groups in total. The minimum Gasteiger partial charge on any atom is -0.506 e. The highest BCUT2D eigenvalue weighted by Gasteiger charge is 2.22. The number of phenols is 1. The van der Waals surface area contributed by atoms with Crippen LogP contribution in [0.1, 0.15) is 17.2 Å². The van der Waals surface area contributed by atoms with Crippen LogP contribution in [0.15, 0.2) is 42.5 Å². The van der Waals surface area contributed by atoms with Crippen LogP contribution in [0.5, 0.6) is 5.75 Å². The first-order valence-corrected chi connectivity index (χ1v) is 8.30. The number of aliphatic hydroxyl groups is 1. The highest BCUT2D eigenvalue weighted by atomic mass is 127. The van der Waals surface area contributed by atoms with Crippen molar-refractivity contribution in [2.75, 3.05) is 0 Å². The van der Waals surface area contributed by atoms with E-state index in [1.54, 1.807) is 0 Å². The van der Waals surface area contributed by atoms with Crippen LogP contribution in [0.4, 0.5) is 0 Å².